The van der Waals surface area contributed by atoms with Gasteiger partial charge in [0.1, 0.15) is 11.7 Å². The van der Waals surface area contributed by atoms with Gasteiger partial charge in [-0.05, 0) is 12.5 Å². The van der Waals surface area contributed by atoms with Gasteiger partial charge in [0.15, 0.2) is 0 Å². The fourth-order valence-electron chi connectivity index (χ4n) is 2.04. The zero-order valence-corrected chi connectivity index (χ0v) is 10.5. The fourth-order valence-corrected chi connectivity index (χ4v) is 2.04. The summed E-state index contributed by atoms with van der Waals surface area (Å²) in [7, 11) is 1.66. The molecule has 1 unspecified atom stereocenters. The number of amides is 2. The SMILES string of the molecule is C/C=C1/NC(=O)C(Cc2ccccc2)N(C)C1=O. The molecule has 1 saturated heterocycles. The van der Waals surface area contributed by atoms with Crippen LogP contribution in [0.3, 0.4) is 0 Å². The van der Waals surface area contributed by atoms with E-state index in [2.05, 4.69) is 5.32 Å². The Bertz CT molecular complexity index is 494. The second-order valence-corrected chi connectivity index (χ2v) is 4.31. The summed E-state index contributed by atoms with van der Waals surface area (Å²) in [6.07, 6.45) is 2.15. The summed E-state index contributed by atoms with van der Waals surface area (Å²) in [5.41, 5.74) is 1.40. The van der Waals surface area contributed by atoms with Crippen LogP contribution in [0.2, 0.25) is 0 Å². The van der Waals surface area contributed by atoms with E-state index in [1.165, 1.54) is 4.90 Å². The van der Waals surface area contributed by atoms with E-state index in [0.29, 0.717) is 12.1 Å². The maximum atomic E-state index is 12.0. The molecule has 1 heterocycles. The number of carbonyl (C=O) groups excluding carboxylic acids is 2. The van der Waals surface area contributed by atoms with Crippen LogP contribution in [0.5, 0.6) is 0 Å². The van der Waals surface area contributed by atoms with Crippen molar-refractivity contribution in [3.8, 4) is 0 Å². The van der Waals surface area contributed by atoms with Crippen LogP contribution in [-0.2, 0) is 16.0 Å². The molecule has 2 rings (SSSR count). The van der Waals surface area contributed by atoms with E-state index in [0.717, 1.165) is 5.56 Å². The summed E-state index contributed by atoms with van der Waals surface area (Å²) >= 11 is 0. The zero-order chi connectivity index (χ0) is 13.1. The lowest BCUT2D eigenvalue weighted by molar-refractivity contribution is -0.140. The smallest absolute Gasteiger partial charge is 0.270 e. The first-order chi connectivity index (χ1) is 8.63. The van der Waals surface area contributed by atoms with Crippen LogP contribution in [-0.4, -0.2) is 29.8 Å². The third kappa shape index (κ3) is 2.27. The van der Waals surface area contributed by atoms with Crippen LogP contribution >= 0.6 is 0 Å². The van der Waals surface area contributed by atoms with Crippen LogP contribution in [0.1, 0.15) is 12.5 Å². The average molecular weight is 244 g/mol. The van der Waals surface area contributed by atoms with Crippen molar-refractivity contribution in [3.05, 3.63) is 47.7 Å². The van der Waals surface area contributed by atoms with Crippen molar-refractivity contribution in [2.75, 3.05) is 7.05 Å². The number of benzene rings is 1. The van der Waals surface area contributed by atoms with Gasteiger partial charge in [-0.1, -0.05) is 36.4 Å². The molecular weight excluding hydrogens is 228 g/mol. The van der Waals surface area contributed by atoms with E-state index in [9.17, 15) is 9.59 Å². The lowest BCUT2D eigenvalue weighted by atomic mass is 10.0. The standard InChI is InChI=1S/C14H16N2O2/c1-3-11-14(18)16(2)12(13(17)15-11)9-10-7-5-4-6-8-10/h3-8,12H,9H2,1-2H3,(H,15,17)/b11-3+. The number of likely N-dealkylation sites (N-methyl/N-ethyl adjacent to an activating group) is 1. The largest absolute Gasteiger partial charge is 0.328 e. The van der Waals surface area contributed by atoms with Crippen molar-refractivity contribution in [3.63, 3.8) is 0 Å². The molecule has 18 heavy (non-hydrogen) atoms. The number of allylic oxidation sites excluding steroid dienone is 1. The fraction of sp³-hybridized carbons (Fsp3) is 0.286. The van der Waals surface area contributed by atoms with Gasteiger partial charge >= 0.3 is 0 Å². The Morgan fingerprint density at radius 2 is 1.94 bits per heavy atom. The van der Waals surface area contributed by atoms with Crippen LogP contribution in [0.4, 0.5) is 0 Å². The molecule has 0 spiro atoms. The predicted octanol–water partition coefficient (Wildman–Crippen LogP) is 1.09. The van der Waals surface area contributed by atoms with E-state index in [4.69, 9.17) is 0 Å². The van der Waals surface area contributed by atoms with Crippen LogP contribution in [0, 0.1) is 0 Å². The summed E-state index contributed by atoms with van der Waals surface area (Å²) < 4.78 is 0. The van der Waals surface area contributed by atoms with Gasteiger partial charge in [0.2, 0.25) is 5.91 Å². The lowest BCUT2D eigenvalue weighted by Crippen LogP contribution is -2.56. The van der Waals surface area contributed by atoms with Gasteiger partial charge in [0.05, 0.1) is 0 Å². The highest BCUT2D eigenvalue weighted by Gasteiger charge is 2.34. The number of rotatable bonds is 2. The van der Waals surface area contributed by atoms with E-state index in [1.807, 2.05) is 30.3 Å². The number of piperazine rings is 1. The minimum atomic E-state index is -0.441. The molecule has 4 nitrogen and oxygen atoms in total. The Labute approximate surface area is 106 Å². The van der Waals surface area contributed by atoms with Crippen molar-refractivity contribution in [1.82, 2.24) is 10.2 Å². The Morgan fingerprint density at radius 1 is 1.28 bits per heavy atom. The third-order valence-corrected chi connectivity index (χ3v) is 3.14. The molecule has 1 N–H and O–H groups in total. The van der Waals surface area contributed by atoms with Crippen molar-refractivity contribution in [1.29, 1.82) is 0 Å². The Balaban J connectivity index is 2.19. The monoisotopic (exact) mass is 244 g/mol. The van der Waals surface area contributed by atoms with Gasteiger partial charge in [-0.3, -0.25) is 9.59 Å². The number of nitrogens with one attached hydrogen (secondary N) is 1. The second-order valence-electron chi connectivity index (χ2n) is 4.31. The molecule has 0 aliphatic carbocycles. The number of nitrogens with zero attached hydrogens (tertiary/aromatic N) is 1. The highest BCUT2D eigenvalue weighted by Crippen LogP contribution is 2.14. The number of hydrogen-bond donors (Lipinski definition) is 1. The van der Waals surface area contributed by atoms with E-state index >= 15 is 0 Å². The van der Waals surface area contributed by atoms with Gasteiger partial charge in [-0.2, -0.15) is 0 Å². The first-order valence-electron chi connectivity index (χ1n) is 5.91. The molecule has 1 aliphatic heterocycles. The van der Waals surface area contributed by atoms with Crippen molar-refractivity contribution >= 4 is 11.8 Å². The molecule has 4 heteroatoms. The minimum absolute atomic E-state index is 0.131. The summed E-state index contributed by atoms with van der Waals surface area (Å²) in [5.74, 6) is -0.271. The van der Waals surface area contributed by atoms with Crippen molar-refractivity contribution in [2.24, 2.45) is 0 Å². The average Bonchev–Trinajstić information content (AvgIpc) is 2.40. The molecule has 1 aromatic carbocycles. The van der Waals surface area contributed by atoms with E-state index in [1.54, 1.807) is 20.0 Å². The van der Waals surface area contributed by atoms with Gasteiger partial charge in [0, 0.05) is 13.5 Å². The molecule has 1 aromatic rings. The molecule has 0 saturated carbocycles. The highest BCUT2D eigenvalue weighted by atomic mass is 16.2. The maximum absolute atomic E-state index is 12.0. The Hall–Kier alpha value is -2.10. The van der Waals surface area contributed by atoms with Crippen molar-refractivity contribution < 1.29 is 9.59 Å². The zero-order valence-electron chi connectivity index (χ0n) is 10.5. The Morgan fingerprint density at radius 3 is 2.56 bits per heavy atom. The summed E-state index contributed by atoms with van der Waals surface area (Å²) in [6, 6.07) is 9.25. The Kier molecular flexibility index (Phi) is 3.46. The van der Waals surface area contributed by atoms with E-state index in [-0.39, 0.29) is 11.8 Å². The molecule has 2 amide bonds. The quantitative estimate of drug-likeness (QED) is 0.792. The molecule has 0 aromatic heterocycles. The molecule has 0 radical (unpaired) electrons. The van der Waals surface area contributed by atoms with Gasteiger partial charge in [-0.15, -0.1) is 0 Å². The van der Waals surface area contributed by atoms with E-state index < -0.39 is 6.04 Å². The summed E-state index contributed by atoms with van der Waals surface area (Å²) in [5, 5.41) is 2.65. The van der Waals surface area contributed by atoms with Gasteiger partial charge in [-0.25, -0.2) is 0 Å². The maximum Gasteiger partial charge on any atom is 0.270 e. The van der Waals surface area contributed by atoms with Crippen LogP contribution < -0.4 is 5.32 Å². The highest BCUT2D eigenvalue weighted by molar-refractivity contribution is 6.04. The molecule has 94 valence electrons. The molecule has 1 atom stereocenters. The number of carbonyl (C=O) groups is 2. The van der Waals surface area contributed by atoms with Crippen LogP contribution in [0.25, 0.3) is 0 Å². The first-order valence-corrected chi connectivity index (χ1v) is 5.91. The minimum Gasteiger partial charge on any atom is -0.328 e. The van der Waals surface area contributed by atoms with Gasteiger partial charge in [0.25, 0.3) is 5.91 Å². The second kappa shape index (κ2) is 5.04. The topological polar surface area (TPSA) is 49.4 Å². The molecular formula is C14H16N2O2. The lowest BCUT2D eigenvalue weighted by Gasteiger charge is -2.33. The summed E-state index contributed by atoms with van der Waals surface area (Å²) in [6.45, 7) is 1.73. The number of hydrogen-bond acceptors (Lipinski definition) is 2. The summed E-state index contributed by atoms with van der Waals surface area (Å²) in [4.78, 5) is 25.4. The predicted molar refractivity (Wildman–Crippen MR) is 68.6 cm³/mol. The van der Waals surface area contributed by atoms with Crippen molar-refractivity contribution in [2.45, 2.75) is 19.4 Å². The molecule has 1 aliphatic rings. The normalized spacial score (nSPS) is 22.2. The molecule has 0 bridgehead atoms. The van der Waals surface area contributed by atoms with Gasteiger partial charge < -0.3 is 10.2 Å². The third-order valence-electron chi connectivity index (χ3n) is 3.14. The molecule has 1 fully saturated rings. The van der Waals surface area contributed by atoms with Crippen LogP contribution in [0.15, 0.2) is 42.1 Å². The first kappa shape index (κ1) is 12.4.